The Balaban J connectivity index is 1.80. The first-order valence-corrected chi connectivity index (χ1v) is 9.33. The number of likely N-dealkylation sites (N-methyl/N-ethyl adjacent to an activating group) is 1. The first-order chi connectivity index (χ1) is 12.1. The van der Waals surface area contributed by atoms with Gasteiger partial charge in [-0.2, -0.15) is 0 Å². The molecule has 5 heteroatoms. The fourth-order valence-corrected chi connectivity index (χ4v) is 3.14. The molecule has 1 aliphatic heterocycles. The van der Waals surface area contributed by atoms with Gasteiger partial charge in [-0.3, -0.25) is 0 Å². The lowest BCUT2D eigenvalue weighted by atomic mass is 10.1. The average molecular weight is 342 g/mol. The largest absolute Gasteiger partial charge is 0.338 e. The van der Waals surface area contributed by atoms with E-state index in [9.17, 15) is 0 Å². The standard InChI is InChI=1S/C20H30N4O/c1-16(2)9-10-21-15-18-19(17-7-5-4-6-8-17)22-25-20(18)24-13-11-23(3)12-14-24/h4-8,16,21H,9-15H2,1-3H3. The highest BCUT2D eigenvalue weighted by Gasteiger charge is 2.24. The minimum atomic E-state index is 0.709. The summed E-state index contributed by atoms with van der Waals surface area (Å²) in [5, 5.41) is 8.00. The number of anilines is 1. The van der Waals surface area contributed by atoms with Crippen molar-refractivity contribution in [2.24, 2.45) is 5.92 Å². The van der Waals surface area contributed by atoms with E-state index in [4.69, 9.17) is 4.52 Å². The van der Waals surface area contributed by atoms with Gasteiger partial charge < -0.3 is 19.6 Å². The molecule has 0 spiro atoms. The van der Waals surface area contributed by atoms with Gasteiger partial charge in [0.25, 0.3) is 0 Å². The summed E-state index contributed by atoms with van der Waals surface area (Å²) < 4.78 is 5.82. The second-order valence-corrected chi connectivity index (χ2v) is 7.33. The van der Waals surface area contributed by atoms with Crippen LogP contribution in [0.3, 0.4) is 0 Å². The molecule has 136 valence electrons. The summed E-state index contributed by atoms with van der Waals surface area (Å²) in [6, 6.07) is 10.3. The molecule has 2 heterocycles. The molecule has 3 rings (SSSR count). The zero-order chi connectivity index (χ0) is 17.6. The zero-order valence-electron chi connectivity index (χ0n) is 15.7. The summed E-state index contributed by atoms with van der Waals surface area (Å²) in [5.41, 5.74) is 3.26. The molecule has 1 aromatic heterocycles. The van der Waals surface area contributed by atoms with Gasteiger partial charge in [-0.25, -0.2) is 0 Å². The molecule has 1 saturated heterocycles. The minimum Gasteiger partial charge on any atom is -0.338 e. The van der Waals surface area contributed by atoms with Crippen LogP contribution in [0.1, 0.15) is 25.8 Å². The van der Waals surface area contributed by atoms with Gasteiger partial charge >= 0.3 is 0 Å². The normalized spacial score (nSPS) is 15.9. The van der Waals surface area contributed by atoms with Crippen LogP contribution in [0.4, 0.5) is 5.88 Å². The molecule has 2 aromatic rings. The van der Waals surface area contributed by atoms with Gasteiger partial charge in [0, 0.05) is 38.3 Å². The fraction of sp³-hybridized carbons (Fsp3) is 0.550. The van der Waals surface area contributed by atoms with Crippen molar-refractivity contribution in [2.75, 3.05) is 44.7 Å². The summed E-state index contributed by atoms with van der Waals surface area (Å²) in [4.78, 5) is 4.68. The topological polar surface area (TPSA) is 44.5 Å². The maximum absolute atomic E-state index is 5.82. The number of rotatable bonds is 7. The molecule has 0 atom stereocenters. The molecule has 5 nitrogen and oxygen atoms in total. The van der Waals surface area contributed by atoms with Crippen molar-refractivity contribution in [2.45, 2.75) is 26.8 Å². The van der Waals surface area contributed by atoms with Crippen LogP contribution in [-0.2, 0) is 6.54 Å². The molecule has 0 amide bonds. The Morgan fingerprint density at radius 2 is 1.84 bits per heavy atom. The van der Waals surface area contributed by atoms with Crippen molar-refractivity contribution in [3.05, 3.63) is 35.9 Å². The monoisotopic (exact) mass is 342 g/mol. The third-order valence-electron chi connectivity index (χ3n) is 4.81. The molecular weight excluding hydrogens is 312 g/mol. The van der Waals surface area contributed by atoms with Crippen molar-refractivity contribution in [3.8, 4) is 11.3 Å². The third kappa shape index (κ3) is 4.61. The molecule has 0 bridgehead atoms. The molecule has 25 heavy (non-hydrogen) atoms. The van der Waals surface area contributed by atoms with Gasteiger partial charge in [0.1, 0.15) is 5.69 Å². The SMILES string of the molecule is CC(C)CCNCc1c(-c2ccccc2)noc1N1CCN(C)CC1. The second-order valence-electron chi connectivity index (χ2n) is 7.33. The van der Waals surface area contributed by atoms with Crippen LogP contribution >= 0.6 is 0 Å². The summed E-state index contributed by atoms with van der Waals surface area (Å²) in [6.45, 7) is 10.4. The highest BCUT2D eigenvalue weighted by molar-refractivity contribution is 5.68. The van der Waals surface area contributed by atoms with Crippen LogP contribution in [0, 0.1) is 5.92 Å². The predicted molar refractivity (Wildman–Crippen MR) is 103 cm³/mol. The maximum atomic E-state index is 5.82. The minimum absolute atomic E-state index is 0.709. The van der Waals surface area contributed by atoms with Crippen molar-refractivity contribution in [1.82, 2.24) is 15.4 Å². The maximum Gasteiger partial charge on any atom is 0.232 e. The Hall–Kier alpha value is -1.85. The Bertz CT molecular complexity index is 645. The molecule has 1 fully saturated rings. The molecule has 1 aliphatic rings. The van der Waals surface area contributed by atoms with E-state index >= 15 is 0 Å². The number of benzene rings is 1. The van der Waals surface area contributed by atoms with Gasteiger partial charge in [-0.15, -0.1) is 0 Å². The quantitative estimate of drug-likeness (QED) is 0.783. The van der Waals surface area contributed by atoms with Crippen LogP contribution in [0.25, 0.3) is 11.3 Å². The molecule has 0 unspecified atom stereocenters. The number of piperazine rings is 1. The van der Waals surface area contributed by atoms with E-state index in [-0.39, 0.29) is 0 Å². The molecule has 1 aromatic carbocycles. The van der Waals surface area contributed by atoms with Crippen LogP contribution in [0.5, 0.6) is 0 Å². The summed E-state index contributed by atoms with van der Waals surface area (Å²) in [6.07, 6.45) is 1.18. The van der Waals surface area contributed by atoms with Gasteiger partial charge in [0.05, 0.1) is 5.56 Å². The molecule has 0 aliphatic carbocycles. The number of hydrogen-bond donors (Lipinski definition) is 1. The van der Waals surface area contributed by atoms with E-state index in [0.717, 1.165) is 56.4 Å². The second kappa shape index (κ2) is 8.50. The Morgan fingerprint density at radius 3 is 2.52 bits per heavy atom. The Kier molecular flexibility index (Phi) is 6.10. The van der Waals surface area contributed by atoms with E-state index in [1.54, 1.807) is 0 Å². The van der Waals surface area contributed by atoms with E-state index in [1.807, 2.05) is 6.07 Å². The predicted octanol–water partition coefficient (Wildman–Crippen LogP) is 3.23. The van der Waals surface area contributed by atoms with Crippen LogP contribution < -0.4 is 10.2 Å². The lowest BCUT2D eigenvalue weighted by Crippen LogP contribution is -2.44. The van der Waals surface area contributed by atoms with Crippen LogP contribution in [0.2, 0.25) is 0 Å². The first kappa shape index (κ1) is 18.0. The molecule has 0 radical (unpaired) electrons. The van der Waals surface area contributed by atoms with E-state index < -0.39 is 0 Å². The highest BCUT2D eigenvalue weighted by Crippen LogP contribution is 2.31. The first-order valence-electron chi connectivity index (χ1n) is 9.33. The fourth-order valence-electron chi connectivity index (χ4n) is 3.14. The van der Waals surface area contributed by atoms with Crippen LogP contribution in [-0.4, -0.2) is 49.8 Å². The average Bonchev–Trinajstić information content (AvgIpc) is 3.04. The van der Waals surface area contributed by atoms with E-state index in [0.29, 0.717) is 5.92 Å². The number of nitrogens with one attached hydrogen (secondary N) is 1. The summed E-state index contributed by atoms with van der Waals surface area (Å²) >= 11 is 0. The van der Waals surface area contributed by atoms with Gasteiger partial charge in [-0.05, 0) is 25.9 Å². The smallest absolute Gasteiger partial charge is 0.232 e. The van der Waals surface area contributed by atoms with Crippen molar-refractivity contribution < 1.29 is 4.52 Å². The van der Waals surface area contributed by atoms with Gasteiger partial charge in [0.2, 0.25) is 5.88 Å². The van der Waals surface area contributed by atoms with E-state index in [2.05, 4.69) is 65.4 Å². The zero-order valence-corrected chi connectivity index (χ0v) is 15.7. The number of aromatic nitrogens is 1. The van der Waals surface area contributed by atoms with Crippen molar-refractivity contribution >= 4 is 5.88 Å². The summed E-state index contributed by atoms with van der Waals surface area (Å²) in [5.74, 6) is 1.64. The van der Waals surface area contributed by atoms with Crippen molar-refractivity contribution in [1.29, 1.82) is 0 Å². The van der Waals surface area contributed by atoms with Crippen LogP contribution in [0.15, 0.2) is 34.9 Å². The highest BCUT2D eigenvalue weighted by atomic mass is 16.5. The third-order valence-corrected chi connectivity index (χ3v) is 4.81. The van der Waals surface area contributed by atoms with E-state index in [1.165, 1.54) is 12.0 Å². The number of nitrogens with zero attached hydrogens (tertiary/aromatic N) is 3. The Labute approximate surface area is 151 Å². The van der Waals surface area contributed by atoms with Crippen molar-refractivity contribution in [3.63, 3.8) is 0 Å². The Morgan fingerprint density at radius 1 is 1.12 bits per heavy atom. The molecule has 1 N–H and O–H groups in total. The lowest BCUT2D eigenvalue weighted by Gasteiger charge is -2.32. The number of hydrogen-bond acceptors (Lipinski definition) is 5. The molecule has 0 saturated carbocycles. The van der Waals surface area contributed by atoms with Gasteiger partial charge in [-0.1, -0.05) is 49.3 Å². The molecular formula is C20H30N4O. The lowest BCUT2D eigenvalue weighted by molar-refractivity contribution is 0.300. The summed E-state index contributed by atoms with van der Waals surface area (Å²) in [7, 11) is 2.17. The van der Waals surface area contributed by atoms with Gasteiger partial charge in [0.15, 0.2) is 0 Å².